The van der Waals surface area contributed by atoms with Crippen molar-refractivity contribution in [3.05, 3.63) is 179 Å². The number of nitrogens with zero attached hydrogens (tertiary/aromatic N) is 3. The van der Waals surface area contributed by atoms with E-state index in [-0.39, 0.29) is 68.1 Å². The van der Waals surface area contributed by atoms with Crippen LogP contribution in [0.4, 0.5) is 5.69 Å². The lowest BCUT2D eigenvalue weighted by Gasteiger charge is -2.60. The number of benzene rings is 6. The minimum absolute atomic E-state index is 0.0137. The van der Waals surface area contributed by atoms with Gasteiger partial charge in [-0.15, -0.1) is 6.58 Å². The summed E-state index contributed by atoms with van der Waals surface area (Å²) in [6.07, 6.45) is 10.4. The fraction of sp³-hybridized carbons (Fsp3) is 0.356. The monoisotopic (exact) mass is 955 g/mol. The molecule has 2 N–H and O–H groups in total. The van der Waals surface area contributed by atoms with Gasteiger partial charge >= 0.3 is 0 Å². The normalized spacial score (nSPS) is 22.8. The summed E-state index contributed by atoms with van der Waals surface area (Å²) in [5.41, 5.74) is 4.25. The molecule has 0 bridgehead atoms. The number of rotatable bonds is 21. The molecule has 2 saturated carbocycles. The average molecular weight is 956 g/mol. The number of nitro groups is 1. The molecular weight excluding hydrogens is 895 g/mol. The van der Waals surface area contributed by atoms with Crippen molar-refractivity contribution in [2.24, 2.45) is 28.8 Å². The third-order valence-corrected chi connectivity index (χ3v) is 15.0. The first-order valence-corrected chi connectivity index (χ1v) is 25.2. The summed E-state index contributed by atoms with van der Waals surface area (Å²) in [6, 6.07) is 40.3. The van der Waals surface area contributed by atoms with E-state index in [4.69, 9.17) is 24.2 Å². The minimum Gasteiger partial charge on any atom is -0.459 e. The number of carbonyl (C=O) groups excluding carboxylic acids is 1. The number of aliphatic hydroxyl groups is 2. The lowest BCUT2D eigenvalue weighted by atomic mass is 9.55. The molecule has 12 heteroatoms. The van der Waals surface area contributed by atoms with Gasteiger partial charge < -0.3 is 34.2 Å². The number of nitro benzene ring substituents is 1. The fourth-order valence-electron chi connectivity index (χ4n) is 11.5. The van der Waals surface area contributed by atoms with Gasteiger partial charge in [-0.3, -0.25) is 14.9 Å². The molecule has 0 saturated heterocycles. The van der Waals surface area contributed by atoms with Gasteiger partial charge in [0.25, 0.3) is 5.69 Å². The van der Waals surface area contributed by atoms with Gasteiger partial charge in [0.05, 0.1) is 23.2 Å². The summed E-state index contributed by atoms with van der Waals surface area (Å²) in [4.78, 5) is 34.6. The molecule has 2 fully saturated rings. The largest absolute Gasteiger partial charge is 0.459 e. The molecule has 1 amide bonds. The van der Waals surface area contributed by atoms with Crippen LogP contribution in [0.3, 0.4) is 0 Å². The van der Waals surface area contributed by atoms with E-state index >= 15 is 4.79 Å². The molecule has 1 aliphatic heterocycles. The maximum atomic E-state index is 15.2. The van der Waals surface area contributed by atoms with Gasteiger partial charge in [0.2, 0.25) is 11.7 Å². The van der Waals surface area contributed by atoms with Crippen LogP contribution in [0.5, 0.6) is 17.2 Å². The molecule has 0 spiro atoms. The standard InChI is InChI=1S/C59H61N3O9/c1-2-32-68-59-55(61(58(65)42-22-23-42)37-45-17-11-16-41-13-5-6-18-49(41)45)36-53(60-69-38-39-20-25-46(26-21-39)62(66)67)51-34-44(15-7-9-30-63)50(19-8-10-31-64)56(57(51)59)52-35-48(28-29-54(52)71-59)70-47-27-24-40-12-3-4-14-43(40)33-47/h2-6,11-14,16-18,20-21,24-29,33-35,42,44,50,55-57,63-64H,1,7-10,15,19,22-23,30-32,36-38H2. The van der Waals surface area contributed by atoms with Crippen LogP contribution in [0, 0.1) is 33.8 Å². The van der Waals surface area contributed by atoms with Crippen LogP contribution in [-0.4, -0.2) is 63.3 Å². The van der Waals surface area contributed by atoms with E-state index in [1.807, 2.05) is 59.5 Å². The van der Waals surface area contributed by atoms with E-state index in [9.17, 15) is 20.3 Å². The molecule has 4 aliphatic rings. The highest BCUT2D eigenvalue weighted by Gasteiger charge is 2.66. The Morgan fingerprint density at radius 3 is 2.32 bits per heavy atom. The van der Waals surface area contributed by atoms with E-state index in [2.05, 4.69) is 61.2 Å². The summed E-state index contributed by atoms with van der Waals surface area (Å²) >= 11 is 0. The smallest absolute Gasteiger partial charge is 0.269 e. The average Bonchev–Trinajstić information content (AvgIpc) is 4.25. The fourth-order valence-corrected chi connectivity index (χ4v) is 11.5. The molecule has 6 unspecified atom stereocenters. The van der Waals surface area contributed by atoms with Gasteiger partial charge in [-0.2, -0.15) is 0 Å². The highest BCUT2D eigenvalue weighted by molar-refractivity contribution is 6.03. The number of ether oxygens (including phenoxy) is 3. The van der Waals surface area contributed by atoms with Gasteiger partial charge in [0.15, 0.2) is 0 Å². The van der Waals surface area contributed by atoms with Gasteiger partial charge in [0.1, 0.15) is 29.9 Å². The SMILES string of the molecule is C=CCOC12Oc3ccc(Oc4ccc5ccccc5c4)cc3C3C(CCCCO)C(CCCCO)C=C(C(=NOCc4ccc([N+](=O)[O-])cc4)CC1N(Cc1cccc4ccccc14)C(=O)C1CC1)C32. The second-order valence-corrected chi connectivity index (χ2v) is 19.5. The maximum absolute atomic E-state index is 15.2. The lowest BCUT2D eigenvalue weighted by Crippen LogP contribution is -2.70. The summed E-state index contributed by atoms with van der Waals surface area (Å²) in [7, 11) is 0. The zero-order chi connectivity index (χ0) is 48.9. The molecule has 366 valence electrons. The third kappa shape index (κ3) is 9.93. The predicted molar refractivity (Wildman–Crippen MR) is 274 cm³/mol. The van der Waals surface area contributed by atoms with Crippen LogP contribution in [0.2, 0.25) is 0 Å². The van der Waals surface area contributed by atoms with E-state index in [0.717, 1.165) is 76.8 Å². The Morgan fingerprint density at radius 2 is 1.56 bits per heavy atom. The van der Waals surface area contributed by atoms with Crippen LogP contribution in [-0.2, 0) is 27.5 Å². The van der Waals surface area contributed by atoms with Crippen LogP contribution in [0.1, 0.15) is 80.4 Å². The van der Waals surface area contributed by atoms with E-state index in [1.165, 1.54) is 12.1 Å². The topological polar surface area (TPSA) is 153 Å². The van der Waals surface area contributed by atoms with Crippen LogP contribution >= 0.6 is 0 Å². The van der Waals surface area contributed by atoms with Gasteiger partial charge in [-0.25, -0.2) is 0 Å². The molecule has 0 aromatic heterocycles. The van der Waals surface area contributed by atoms with Gasteiger partial charge in [-0.05, 0) is 131 Å². The molecule has 6 aromatic carbocycles. The van der Waals surface area contributed by atoms with Crippen molar-refractivity contribution >= 4 is 38.9 Å². The Hall–Kier alpha value is -6.86. The van der Waals surface area contributed by atoms with Crippen molar-refractivity contribution < 1.29 is 39.0 Å². The van der Waals surface area contributed by atoms with Crippen molar-refractivity contribution in [2.75, 3.05) is 19.8 Å². The number of fused-ring (bicyclic) bond motifs is 4. The summed E-state index contributed by atoms with van der Waals surface area (Å²) < 4.78 is 21.6. The first-order valence-electron chi connectivity index (χ1n) is 25.2. The molecule has 3 aliphatic carbocycles. The molecule has 0 radical (unpaired) electrons. The van der Waals surface area contributed by atoms with Gasteiger partial charge in [0, 0.05) is 55.7 Å². The number of amides is 1. The highest BCUT2D eigenvalue weighted by Crippen LogP contribution is 2.62. The first kappa shape index (κ1) is 47.8. The Morgan fingerprint density at radius 1 is 0.845 bits per heavy atom. The number of aliphatic hydroxyl groups excluding tert-OH is 2. The molecule has 71 heavy (non-hydrogen) atoms. The second kappa shape index (κ2) is 21.2. The molecule has 6 atom stereocenters. The Labute approximate surface area is 414 Å². The quantitative estimate of drug-likeness (QED) is 0.0311. The molecule has 1 heterocycles. The number of allylic oxidation sites excluding steroid dienone is 1. The molecular formula is C59H61N3O9. The van der Waals surface area contributed by atoms with Crippen molar-refractivity contribution in [2.45, 2.75) is 88.7 Å². The number of carbonyl (C=O) groups is 1. The molecule has 6 aromatic rings. The first-order chi connectivity index (χ1) is 34.8. The van der Waals surface area contributed by atoms with Crippen molar-refractivity contribution in [3.8, 4) is 17.2 Å². The number of non-ortho nitro benzene ring substituents is 1. The van der Waals surface area contributed by atoms with Crippen molar-refractivity contribution in [1.82, 2.24) is 4.90 Å². The second-order valence-electron chi connectivity index (χ2n) is 19.5. The number of unbranched alkanes of at least 4 members (excludes halogenated alkanes) is 2. The summed E-state index contributed by atoms with van der Waals surface area (Å²) in [5, 5.41) is 41.0. The zero-order valence-electron chi connectivity index (χ0n) is 39.9. The number of oxime groups is 1. The minimum atomic E-state index is -1.43. The van der Waals surface area contributed by atoms with Crippen LogP contribution in [0.15, 0.2) is 157 Å². The highest BCUT2D eigenvalue weighted by atomic mass is 16.7. The summed E-state index contributed by atoms with van der Waals surface area (Å²) in [6.45, 7) is 4.77. The maximum Gasteiger partial charge on any atom is 0.269 e. The zero-order valence-corrected chi connectivity index (χ0v) is 39.9. The summed E-state index contributed by atoms with van der Waals surface area (Å²) in [5.74, 6) is -0.262. The van der Waals surface area contributed by atoms with E-state index in [1.54, 1.807) is 18.2 Å². The lowest BCUT2D eigenvalue weighted by molar-refractivity contribution is -0.384. The Balaban J connectivity index is 1.16. The van der Waals surface area contributed by atoms with E-state index in [0.29, 0.717) is 47.9 Å². The van der Waals surface area contributed by atoms with Crippen molar-refractivity contribution in [3.63, 3.8) is 0 Å². The van der Waals surface area contributed by atoms with E-state index < -0.39 is 22.7 Å². The van der Waals surface area contributed by atoms with Crippen molar-refractivity contribution in [1.29, 1.82) is 0 Å². The number of hydrogen-bond acceptors (Lipinski definition) is 10. The number of hydrogen-bond donors (Lipinski definition) is 2. The van der Waals surface area contributed by atoms with Crippen LogP contribution < -0.4 is 9.47 Å². The Kier molecular flexibility index (Phi) is 14.3. The van der Waals surface area contributed by atoms with Crippen LogP contribution in [0.25, 0.3) is 21.5 Å². The Bertz CT molecular complexity index is 2960. The predicted octanol–water partition coefficient (Wildman–Crippen LogP) is 12.0. The molecule has 12 nitrogen and oxygen atoms in total. The molecule has 10 rings (SSSR count). The van der Waals surface area contributed by atoms with Gasteiger partial charge in [-0.1, -0.05) is 103 Å². The third-order valence-electron chi connectivity index (χ3n) is 15.0.